The topological polar surface area (TPSA) is 46.5 Å². The lowest BCUT2D eigenvalue weighted by molar-refractivity contribution is -0.134. The quantitative estimate of drug-likeness (QED) is 0.495. The molecule has 1 aromatic rings. The Bertz CT molecular complexity index is 503. The van der Waals surface area contributed by atoms with E-state index in [-0.39, 0.29) is 17.6 Å². The van der Waals surface area contributed by atoms with Gasteiger partial charge in [0.25, 0.3) is 0 Å². The zero-order valence-electron chi connectivity index (χ0n) is 10.8. The second-order valence-electron chi connectivity index (χ2n) is 5.16. The second-order valence-corrected chi connectivity index (χ2v) is 5.16. The molecule has 1 heterocycles. The molecule has 0 aliphatic carbocycles. The van der Waals surface area contributed by atoms with Gasteiger partial charge >= 0.3 is 5.97 Å². The molecule has 1 aliphatic rings. The zero-order valence-corrected chi connectivity index (χ0v) is 10.8. The van der Waals surface area contributed by atoms with E-state index < -0.39 is 0 Å². The minimum atomic E-state index is -0.201. The van der Waals surface area contributed by atoms with Gasteiger partial charge in [0.1, 0.15) is 11.5 Å². The van der Waals surface area contributed by atoms with Crippen molar-refractivity contribution in [2.45, 2.75) is 33.1 Å². The molecule has 0 saturated heterocycles. The first kappa shape index (κ1) is 12.7. The SMILES string of the molecule is C=C(C)Cc1c(O)ccc2c1CC(C)CC(=O)O2. The van der Waals surface area contributed by atoms with Crippen LogP contribution in [0.15, 0.2) is 24.3 Å². The Labute approximate surface area is 107 Å². The van der Waals surface area contributed by atoms with Crippen LogP contribution >= 0.6 is 0 Å². The lowest BCUT2D eigenvalue weighted by Gasteiger charge is -2.14. The Balaban J connectivity index is 2.50. The van der Waals surface area contributed by atoms with Crippen molar-refractivity contribution < 1.29 is 14.6 Å². The normalized spacial score (nSPS) is 18.8. The van der Waals surface area contributed by atoms with Gasteiger partial charge in [0.05, 0.1) is 0 Å². The molecule has 0 aromatic heterocycles. The number of fused-ring (bicyclic) bond motifs is 1. The summed E-state index contributed by atoms with van der Waals surface area (Å²) in [6, 6.07) is 3.25. The van der Waals surface area contributed by atoms with Crippen LogP contribution < -0.4 is 4.74 Å². The number of allylic oxidation sites excluding steroid dienone is 1. The Kier molecular flexibility index (Phi) is 3.41. The number of aromatic hydroxyl groups is 1. The number of ether oxygens (including phenoxy) is 1. The summed E-state index contributed by atoms with van der Waals surface area (Å²) < 4.78 is 5.32. The minimum Gasteiger partial charge on any atom is -0.508 e. The van der Waals surface area contributed by atoms with Crippen molar-refractivity contribution >= 4 is 5.97 Å². The van der Waals surface area contributed by atoms with Gasteiger partial charge in [0, 0.05) is 17.5 Å². The van der Waals surface area contributed by atoms with Crippen LogP contribution in [0.25, 0.3) is 0 Å². The first-order valence-electron chi connectivity index (χ1n) is 6.16. The van der Waals surface area contributed by atoms with E-state index in [0.717, 1.165) is 23.1 Å². The van der Waals surface area contributed by atoms with Gasteiger partial charge in [-0.3, -0.25) is 4.79 Å². The highest BCUT2D eigenvalue weighted by molar-refractivity contribution is 5.74. The predicted molar refractivity (Wildman–Crippen MR) is 69.7 cm³/mol. The van der Waals surface area contributed by atoms with E-state index in [1.54, 1.807) is 12.1 Å². The van der Waals surface area contributed by atoms with Gasteiger partial charge in [-0.25, -0.2) is 0 Å². The van der Waals surface area contributed by atoms with E-state index >= 15 is 0 Å². The summed E-state index contributed by atoms with van der Waals surface area (Å²) in [5.74, 6) is 0.859. The maximum Gasteiger partial charge on any atom is 0.311 e. The van der Waals surface area contributed by atoms with E-state index in [2.05, 4.69) is 6.58 Å². The van der Waals surface area contributed by atoms with Gasteiger partial charge in [-0.15, -0.1) is 0 Å². The van der Waals surface area contributed by atoms with Gasteiger partial charge < -0.3 is 9.84 Å². The smallest absolute Gasteiger partial charge is 0.311 e. The average Bonchev–Trinajstić information content (AvgIpc) is 2.40. The molecule has 3 heteroatoms. The van der Waals surface area contributed by atoms with E-state index in [4.69, 9.17) is 4.74 Å². The van der Waals surface area contributed by atoms with E-state index in [1.807, 2.05) is 13.8 Å². The van der Waals surface area contributed by atoms with Crippen molar-refractivity contribution in [2.75, 3.05) is 0 Å². The van der Waals surface area contributed by atoms with Crippen molar-refractivity contribution in [3.8, 4) is 11.5 Å². The highest BCUT2D eigenvalue weighted by atomic mass is 16.5. The van der Waals surface area contributed by atoms with Crippen molar-refractivity contribution in [1.29, 1.82) is 0 Å². The van der Waals surface area contributed by atoms with Crippen LogP contribution in [0.1, 0.15) is 31.4 Å². The number of carbonyl (C=O) groups excluding carboxylic acids is 1. The number of benzene rings is 1. The number of rotatable bonds is 2. The average molecular weight is 246 g/mol. The molecule has 0 spiro atoms. The summed E-state index contributed by atoms with van der Waals surface area (Å²) in [6.45, 7) is 7.82. The Morgan fingerprint density at radius 2 is 2.22 bits per heavy atom. The third kappa shape index (κ3) is 2.55. The Morgan fingerprint density at radius 1 is 1.50 bits per heavy atom. The molecule has 1 aromatic carbocycles. The predicted octanol–water partition coefficient (Wildman–Crippen LogP) is 3.00. The van der Waals surface area contributed by atoms with Crippen LogP contribution in [0.3, 0.4) is 0 Å². The fourth-order valence-electron chi connectivity index (χ4n) is 2.35. The summed E-state index contributed by atoms with van der Waals surface area (Å²) in [7, 11) is 0. The highest BCUT2D eigenvalue weighted by Gasteiger charge is 2.23. The third-order valence-electron chi connectivity index (χ3n) is 3.13. The van der Waals surface area contributed by atoms with Crippen molar-refractivity contribution in [3.05, 3.63) is 35.4 Å². The summed E-state index contributed by atoms with van der Waals surface area (Å²) in [6.07, 6.45) is 1.78. The second kappa shape index (κ2) is 4.84. The zero-order chi connectivity index (χ0) is 13.3. The number of hydrogen-bond donors (Lipinski definition) is 1. The molecule has 0 bridgehead atoms. The van der Waals surface area contributed by atoms with Crippen LogP contribution in [-0.4, -0.2) is 11.1 Å². The summed E-state index contributed by atoms with van der Waals surface area (Å²) in [5.41, 5.74) is 2.75. The summed E-state index contributed by atoms with van der Waals surface area (Å²) >= 11 is 0. The van der Waals surface area contributed by atoms with Crippen LogP contribution in [0.2, 0.25) is 0 Å². The molecule has 2 rings (SSSR count). The lowest BCUT2D eigenvalue weighted by Crippen LogP contribution is -2.09. The van der Waals surface area contributed by atoms with Crippen LogP contribution in [-0.2, 0) is 17.6 Å². The number of phenols is 1. The first-order valence-corrected chi connectivity index (χ1v) is 6.16. The fourth-order valence-corrected chi connectivity index (χ4v) is 2.35. The molecule has 1 aliphatic heterocycles. The van der Waals surface area contributed by atoms with Gasteiger partial charge in [0.15, 0.2) is 0 Å². The van der Waals surface area contributed by atoms with Crippen molar-refractivity contribution in [3.63, 3.8) is 0 Å². The number of esters is 1. The van der Waals surface area contributed by atoms with Crippen LogP contribution in [0.5, 0.6) is 11.5 Å². The van der Waals surface area contributed by atoms with Gasteiger partial charge in [-0.2, -0.15) is 0 Å². The molecule has 1 unspecified atom stereocenters. The molecule has 0 fully saturated rings. The van der Waals surface area contributed by atoms with Crippen LogP contribution in [0.4, 0.5) is 0 Å². The molecule has 0 saturated carbocycles. The van der Waals surface area contributed by atoms with Crippen LogP contribution in [0, 0.1) is 5.92 Å². The minimum absolute atomic E-state index is 0.201. The fraction of sp³-hybridized carbons (Fsp3) is 0.400. The molecule has 0 amide bonds. The third-order valence-corrected chi connectivity index (χ3v) is 3.13. The largest absolute Gasteiger partial charge is 0.508 e. The maximum absolute atomic E-state index is 11.6. The van der Waals surface area contributed by atoms with Gasteiger partial charge in [-0.05, 0) is 37.8 Å². The lowest BCUT2D eigenvalue weighted by atomic mass is 9.92. The molecular weight excluding hydrogens is 228 g/mol. The first-order chi connectivity index (χ1) is 8.47. The van der Waals surface area contributed by atoms with E-state index in [9.17, 15) is 9.90 Å². The standard InChI is InChI=1S/C15H18O3/c1-9(2)6-11-12-7-10(3)8-15(17)18-14(12)5-4-13(11)16/h4-5,10,16H,1,6-8H2,2-3H3. The highest BCUT2D eigenvalue weighted by Crippen LogP contribution is 2.35. The summed E-state index contributed by atoms with van der Waals surface area (Å²) in [5, 5.41) is 9.98. The molecule has 1 atom stereocenters. The number of hydrogen-bond acceptors (Lipinski definition) is 3. The molecule has 96 valence electrons. The molecule has 3 nitrogen and oxygen atoms in total. The van der Waals surface area contributed by atoms with Crippen molar-refractivity contribution in [1.82, 2.24) is 0 Å². The maximum atomic E-state index is 11.6. The molecule has 18 heavy (non-hydrogen) atoms. The number of phenolic OH excluding ortho intramolecular Hbond substituents is 1. The van der Waals surface area contributed by atoms with Gasteiger partial charge in [0.2, 0.25) is 0 Å². The van der Waals surface area contributed by atoms with E-state index in [1.165, 1.54) is 0 Å². The van der Waals surface area contributed by atoms with E-state index in [0.29, 0.717) is 18.6 Å². The molecule has 0 radical (unpaired) electrons. The Hall–Kier alpha value is -1.77. The van der Waals surface area contributed by atoms with Gasteiger partial charge in [-0.1, -0.05) is 19.1 Å². The number of carbonyl (C=O) groups is 1. The summed E-state index contributed by atoms with van der Waals surface area (Å²) in [4.78, 5) is 11.6. The molecular formula is C15H18O3. The molecule has 1 N–H and O–H groups in total. The Morgan fingerprint density at radius 3 is 2.89 bits per heavy atom. The monoisotopic (exact) mass is 246 g/mol. The van der Waals surface area contributed by atoms with Crippen molar-refractivity contribution in [2.24, 2.45) is 5.92 Å².